The predicted molar refractivity (Wildman–Crippen MR) is 95.1 cm³/mol. The highest BCUT2D eigenvalue weighted by Crippen LogP contribution is 2.34. The first-order valence-corrected chi connectivity index (χ1v) is 7.56. The number of hydrogen-bond acceptors (Lipinski definition) is 5. The topological polar surface area (TPSA) is 83.0 Å². The number of nitrogens with one attached hydrogen (secondary N) is 2. The maximum absolute atomic E-state index is 11.7. The van der Waals surface area contributed by atoms with Gasteiger partial charge in [0.2, 0.25) is 0 Å². The van der Waals surface area contributed by atoms with Crippen molar-refractivity contribution in [3.8, 4) is 11.5 Å². The Morgan fingerprint density at radius 3 is 2.71 bits per heavy atom. The number of halogens is 1. The van der Waals surface area contributed by atoms with E-state index in [1.54, 1.807) is 6.07 Å². The van der Waals surface area contributed by atoms with Crippen LogP contribution in [0.15, 0.2) is 41.5 Å². The smallest absolute Gasteiger partial charge is 0.259 e. The number of methoxy groups -OCH3 is 1. The summed E-state index contributed by atoms with van der Waals surface area (Å²) in [6.07, 6.45) is 1.41. The van der Waals surface area contributed by atoms with E-state index < -0.39 is 0 Å². The number of benzene rings is 2. The van der Waals surface area contributed by atoms with Gasteiger partial charge < -0.3 is 15.2 Å². The maximum atomic E-state index is 11.7. The molecule has 0 unspecified atom stereocenters. The molecule has 24 heavy (non-hydrogen) atoms. The van der Waals surface area contributed by atoms with Crippen LogP contribution >= 0.6 is 11.6 Å². The van der Waals surface area contributed by atoms with Crippen LogP contribution in [0.3, 0.4) is 0 Å². The highest BCUT2D eigenvalue weighted by atomic mass is 35.5. The second kappa shape index (κ2) is 8.21. The number of anilines is 1. The Morgan fingerprint density at radius 2 is 2.04 bits per heavy atom. The molecule has 3 N–H and O–H groups in total. The minimum atomic E-state index is -0.288. The summed E-state index contributed by atoms with van der Waals surface area (Å²) < 4.78 is 5.00. The number of ether oxygens (including phenoxy) is 1. The zero-order chi connectivity index (χ0) is 17.5. The van der Waals surface area contributed by atoms with Crippen LogP contribution in [-0.2, 0) is 4.79 Å². The Kier molecular flexibility index (Phi) is 6.03. The number of aryl methyl sites for hydroxylation is 1. The number of aromatic hydroxyl groups is 1. The molecular formula is C17H18ClN3O3. The van der Waals surface area contributed by atoms with Gasteiger partial charge in [0.25, 0.3) is 5.91 Å². The number of hydrazone groups is 1. The van der Waals surface area contributed by atoms with E-state index in [1.165, 1.54) is 19.4 Å². The van der Waals surface area contributed by atoms with Crippen LogP contribution < -0.4 is 15.5 Å². The summed E-state index contributed by atoms with van der Waals surface area (Å²) in [7, 11) is 1.42. The van der Waals surface area contributed by atoms with Gasteiger partial charge in [-0.15, -0.1) is 0 Å². The van der Waals surface area contributed by atoms with Gasteiger partial charge in [0.15, 0.2) is 11.5 Å². The summed E-state index contributed by atoms with van der Waals surface area (Å²) in [6, 6.07) is 10.8. The lowest BCUT2D eigenvalue weighted by molar-refractivity contribution is -0.119. The fraction of sp³-hybridized carbons (Fsp3) is 0.176. The molecule has 7 heteroatoms. The summed E-state index contributed by atoms with van der Waals surface area (Å²) in [5.74, 6) is -0.192. The van der Waals surface area contributed by atoms with Crippen molar-refractivity contribution in [1.82, 2.24) is 5.43 Å². The third-order valence-electron chi connectivity index (χ3n) is 3.18. The van der Waals surface area contributed by atoms with Gasteiger partial charge in [-0.25, -0.2) is 5.43 Å². The van der Waals surface area contributed by atoms with Crippen LogP contribution in [0, 0.1) is 6.92 Å². The number of amides is 1. The van der Waals surface area contributed by atoms with Crippen molar-refractivity contribution in [3.05, 3.63) is 52.5 Å². The quantitative estimate of drug-likeness (QED) is 0.554. The highest BCUT2D eigenvalue weighted by Gasteiger charge is 2.08. The summed E-state index contributed by atoms with van der Waals surface area (Å²) in [4.78, 5) is 11.7. The molecule has 6 nitrogen and oxygen atoms in total. The maximum Gasteiger partial charge on any atom is 0.259 e. The summed E-state index contributed by atoms with van der Waals surface area (Å²) in [6.45, 7) is 2.09. The third kappa shape index (κ3) is 4.89. The Labute approximate surface area is 145 Å². The Balaban J connectivity index is 1.88. The molecule has 0 aliphatic rings. The van der Waals surface area contributed by atoms with E-state index in [9.17, 15) is 9.90 Å². The van der Waals surface area contributed by atoms with Gasteiger partial charge in [-0.05, 0) is 36.8 Å². The number of phenols is 1. The number of nitrogens with zero attached hydrogens (tertiary/aromatic N) is 1. The van der Waals surface area contributed by atoms with Crippen molar-refractivity contribution < 1.29 is 14.6 Å². The average molecular weight is 348 g/mol. The van der Waals surface area contributed by atoms with Crippen molar-refractivity contribution in [2.45, 2.75) is 6.92 Å². The molecule has 0 saturated carbocycles. The van der Waals surface area contributed by atoms with E-state index in [0.29, 0.717) is 5.56 Å². The van der Waals surface area contributed by atoms with E-state index in [-0.39, 0.29) is 29.0 Å². The molecule has 1 amide bonds. The molecule has 126 valence electrons. The normalized spacial score (nSPS) is 10.6. The molecule has 2 aromatic carbocycles. The van der Waals surface area contributed by atoms with Gasteiger partial charge in [0.05, 0.1) is 24.9 Å². The van der Waals surface area contributed by atoms with Gasteiger partial charge in [0.1, 0.15) is 0 Å². The second-order valence-electron chi connectivity index (χ2n) is 5.07. The van der Waals surface area contributed by atoms with Crippen molar-refractivity contribution in [2.24, 2.45) is 5.10 Å². The molecule has 0 aliphatic heterocycles. The van der Waals surface area contributed by atoms with Crippen LogP contribution in [0.4, 0.5) is 5.69 Å². The van der Waals surface area contributed by atoms with E-state index in [4.69, 9.17) is 16.3 Å². The first kappa shape index (κ1) is 17.6. The number of rotatable bonds is 6. The Morgan fingerprint density at radius 1 is 1.33 bits per heavy atom. The fourth-order valence-electron chi connectivity index (χ4n) is 1.90. The fourth-order valence-corrected chi connectivity index (χ4v) is 2.12. The minimum absolute atomic E-state index is 0.0973. The minimum Gasteiger partial charge on any atom is -0.503 e. The largest absolute Gasteiger partial charge is 0.503 e. The molecule has 0 fully saturated rings. The lowest BCUT2D eigenvalue weighted by Gasteiger charge is -2.06. The molecule has 2 rings (SSSR count). The first-order chi connectivity index (χ1) is 11.5. The molecule has 0 aromatic heterocycles. The SMILES string of the molecule is COc1cc(/C=N\NC(=O)CNc2ccc(C)cc2)cc(Cl)c1O. The molecule has 0 bridgehead atoms. The van der Waals surface area contributed by atoms with Crippen LogP contribution in [0.5, 0.6) is 11.5 Å². The molecule has 0 spiro atoms. The molecule has 2 aromatic rings. The third-order valence-corrected chi connectivity index (χ3v) is 3.47. The van der Waals surface area contributed by atoms with Crippen LogP contribution in [-0.4, -0.2) is 30.9 Å². The van der Waals surface area contributed by atoms with E-state index in [0.717, 1.165) is 11.3 Å². The number of carbonyl (C=O) groups is 1. The van der Waals surface area contributed by atoms with Crippen molar-refractivity contribution in [1.29, 1.82) is 0 Å². The van der Waals surface area contributed by atoms with Gasteiger partial charge in [0, 0.05) is 5.69 Å². The molecule has 0 aliphatic carbocycles. The van der Waals surface area contributed by atoms with Gasteiger partial charge in [-0.2, -0.15) is 5.10 Å². The highest BCUT2D eigenvalue weighted by molar-refractivity contribution is 6.32. The van der Waals surface area contributed by atoms with Crippen LogP contribution in [0.1, 0.15) is 11.1 Å². The lowest BCUT2D eigenvalue weighted by Crippen LogP contribution is -2.25. The monoisotopic (exact) mass is 347 g/mol. The van der Waals surface area contributed by atoms with Crippen LogP contribution in [0.25, 0.3) is 0 Å². The van der Waals surface area contributed by atoms with Gasteiger partial charge in [-0.3, -0.25) is 4.79 Å². The zero-order valence-corrected chi connectivity index (χ0v) is 14.1. The number of carbonyl (C=O) groups excluding carboxylic acids is 1. The molecule has 0 radical (unpaired) electrons. The van der Waals surface area contributed by atoms with Gasteiger partial charge in [-0.1, -0.05) is 29.3 Å². The lowest BCUT2D eigenvalue weighted by atomic mass is 10.2. The molecule has 0 heterocycles. The molecular weight excluding hydrogens is 330 g/mol. The molecule has 0 saturated heterocycles. The standard InChI is InChI=1S/C17H18ClN3O3/c1-11-3-5-13(6-4-11)19-10-16(22)21-20-9-12-7-14(18)17(23)15(8-12)24-2/h3-9,19,23H,10H2,1-2H3,(H,21,22)/b20-9-. The average Bonchev–Trinajstić information content (AvgIpc) is 2.57. The Hall–Kier alpha value is -2.73. The molecule has 0 atom stereocenters. The summed E-state index contributed by atoms with van der Waals surface area (Å²) in [5.41, 5.74) is 5.00. The summed E-state index contributed by atoms with van der Waals surface area (Å²) in [5, 5.41) is 16.6. The van der Waals surface area contributed by atoms with Gasteiger partial charge >= 0.3 is 0 Å². The van der Waals surface area contributed by atoms with E-state index >= 15 is 0 Å². The Bertz CT molecular complexity index is 745. The van der Waals surface area contributed by atoms with Crippen LogP contribution in [0.2, 0.25) is 5.02 Å². The van der Waals surface area contributed by atoms with Crippen molar-refractivity contribution in [3.63, 3.8) is 0 Å². The van der Waals surface area contributed by atoms with Crippen molar-refractivity contribution in [2.75, 3.05) is 19.0 Å². The van der Waals surface area contributed by atoms with E-state index in [2.05, 4.69) is 15.8 Å². The first-order valence-electron chi connectivity index (χ1n) is 7.18. The van der Waals surface area contributed by atoms with E-state index in [1.807, 2.05) is 31.2 Å². The second-order valence-corrected chi connectivity index (χ2v) is 5.47. The summed E-state index contributed by atoms with van der Waals surface area (Å²) >= 11 is 5.88. The predicted octanol–water partition coefficient (Wildman–Crippen LogP) is 2.92. The van der Waals surface area contributed by atoms with Crippen molar-refractivity contribution >= 4 is 29.4 Å². The number of phenolic OH excluding ortho intramolecular Hbond substituents is 1. The zero-order valence-electron chi connectivity index (χ0n) is 13.3. The number of hydrogen-bond donors (Lipinski definition) is 3.